The number of methoxy groups -OCH3 is 1. The van der Waals surface area contributed by atoms with Gasteiger partial charge in [0.25, 0.3) is 0 Å². The molecule has 0 atom stereocenters. The molecule has 2 aromatic rings. The molecule has 0 bridgehead atoms. The first-order valence-electron chi connectivity index (χ1n) is 10.9. The maximum absolute atomic E-state index is 12.2. The van der Waals surface area contributed by atoms with Crippen molar-refractivity contribution in [1.29, 1.82) is 0 Å². The Morgan fingerprint density at radius 1 is 1.00 bits per heavy atom. The predicted molar refractivity (Wildman–Crippen MR) is 119 cm³/mol. The maximum Gasteiger partial charge on any atom is 0.341 e. The lowest BCUT2D eigenvalue weighted by Gasteiger charge is -2.24. The summed E-state index contributed by atoms with van der Waals surface area (Å²) < 4.78 is 13.3. The molecule has 0 fully saturated rings. The molecule has 1 aromatic carbocycles. The van der Waals surface area contributed by atoms with Crippen molar-refractivity contribution in [2.45, 2.75) is 57.9 Å². The first-order chi connectivity index (χ1) is 15.4. The average Bonchev–Trinajstić information content (AvgIpc) is 2.76. The van der Waals surface area contributed by atoms with Crippen molar-refractivity contribution < 1.29 is 29.3 Å². The number of ether oxygens (including phenoxy) is 2. The Hall–Kier alpha value is -3.29. The zero-order valence-corrected chi connectivity index (χ0v) is 18.3. The summed E-state index contributed by atoms with van der Waals surface area (Å²) in [6.07, 6.45) is 7.99. The van der Waals surface area contributed by atoms with E-state index in [0.29, 0.717) is 36.8 Å². The molecule has 0 amide bonds. The van der Waals surface area contributed by atoms with Gasteiger partial charge in [0, 0.05) is 30.8 Å². The van der Waals surface area contributed by atoms with E-state index in [2.05, 4.69) is 0 Å². The molecule has 0 saturated carbocycles. The molecule has 0 saturated heterocycles. The molecule has 0 unspecified atom stereocenters. The van der Waals surface area contributed by atoms with E-state index in [1.54, 1.807) is 11.7 Å². The van der Waals surface area contributed by atoms with E-state index < -0.39 is 17.4 Å². The number of carboxylic acid groups (broad SMARTS) is 2. The van der Waals surface area contributed by atoms with Crippen LogP contribution in [0.3, 0.4) is 0 Å². The van der Waals surface area contributed by atoms with Crippen molar-refractivity contribution in [3.63, 3.8) is 0 Å². The van der Waals surface area contributed by atoms with E-state index >= 15 is 0 Å². The van der Waals surface area contributed by atoms with Gasteiger partial charge in [-0.2, -0.15) is 0 Å². The van der Waals surface area contributed by atoms with E-state index in [9.17, 15) is 19.5 Å². The van der Waals surface area contributed by atoms with Crippen LogP contribution in [0.15, 0.2) is 29.2 Å². The standard InChI is InChI=1S/C24H29NO7/c1-31-21-13-17-16(9-10-25-15-18(24(29)30)20(26)14-19(17)25)12-22(21)32-11-7-5-3-2-4-6-8-23(27)28/h12-15H,2-11H2,1H3,(H,27,28)(H,29,30). The Balaban J connectivity index is 1.61. The largest absolute Gasteiger partial charge is 0.493 e. The molecule has 1 aliphatic heterocycles. The molecule has 2 N–H and O–H groups in total. The fourth-order valence-electron chi connectivity index (χ4n) is 3.98. The van der Waals surface area contributed by atoms with Gasteiger partial charge in [-0.05, 0) is 37.0 Å². The molecule has 0 spiro atoms. The molecule has 0 aliphatic carbocycles. The molecule has 1 aromatic heterocycles. The molecule has 0 radical (unpaired) electrons. The minimum Gasteiger partial charge on any atom is -0.493 e. The van der Waals surface area contributed by atoms with Gasteiger partial charge in [-0.1, -0.05) is 25.7 Å². The third-order valence-electron chi connectivity index (χ3n) is 5.69. The van der Waals surface area contributed by atoms with Crippen molar-refractivity contribution in [1.82, 2.24) is 4.57 Å². The first kappa shape index (κ1) is 23.4. The van der Waals surface area contributed by atoms with Crippen LogP contribution < -0.4 is 14.9 Å². The van der Waals surface area contributed by atoms with Crippen LogP contribution in [0.1, 0.15) is 60.9 Å². The first-order valence-corrected chi connectivity index (χ1v) is 10.9. The highest BCUT2D eigenvalue weighted by Gasteiger charge is 2.22. The van der Waals surface area contributed by atoms with Crippen LogP contribution in [0.5, 0.6) is 11.5 Å². The highest BCUT2D eigenvalue weighted by Crippen LogP contribution is 2.38. The Morgan fingerprint density at radius 3 is 2.41 bits per heavy atom. The van der Waals surface area contributed by atoms with Crippen molar-refractivity contribution in [2.24, 2.45) is 0 Å². The summed E-state index contributed by atoms with van der Waals surface area (Å²) in [4.78, 5) is 34.0. The van der Waals surface area contributed by atoms with E-state index in [4.69, 9.17) is 14.6 Å². The number of benzene rings is 1. The summed E-state index contributed by atoms with van der Waals surface area (Å²) in [5.41, 5.74) is 1.80. The second-order valence-electron chi connectivity index (χ2n) is 7.96. The molecule has 2 heterocycles. The summed E-state index contributed by atoms with van der Waals surface area (Å²) in [6, 6.07) is 5.16. The van der Waals surface area contributed by atoms with Crippen LogP contribution in [-0.4, -0.2) is 40.4 Å². The molecular formula is C24H29NO7. The molecule has 1 aliphatic rings. The molecule has 32 heavy (non-hydrogen) atoms. The number of carboxylic acids is 2. The lowest BCUT2D eigenvalue weighted by Crippen LogP contribution is -2.22. The smallest absolute Gasteiger partial charge is 0.341 e. The molecule has 8 nitrogen and oxygen atoms in total. The Labute approximate surface area is 186 Å². The predicted octanol–water partition coefficient (Wildman–Crippen LogP) is 3.97. The highest BCUT2D eigenvalue weighted by atomic mass is 16.5. The number of fused-ring (bicyclic) bond motifs is 3. The zero-order valence-electron chi connectivity index (χ0n) is 18.3. The van der Waals surface area contributed by atoms with Gasteiger partial charge in [-0.3, -0.25) is 9.59 Å². The number of aryl methyl sites for hydroxylation is 2. The number of carbonyl (C=O) groups is 2. The third kappa shape index (κ3) is 5.69. The van der Waals surface area contributed by atoms with Crippen LogP contribution >= 0.6 is 0 Å². The third-order valence-corrected chi connectivity index (χ3v) is 5.69. The summed E-state index contributed by atoms with van der Waals surface area (Å²) in [5, 5.41) is 17.8. The lowest BCUT2D eigenvalue weighted by molar-refractivity contribution is -0.137. The molecular weight excluding hydrogens is 414 g/mol. The fourth-order valence-corrected chi connectivity index (χ4v) is 3.98. The number of aromatic nitrogens is 1. The number of nitrogens with zero attached hydrogens (tertiary/aromatic N) is 1. The summed E-state index contributed by atoms with van der Waals surface area (Å²) in [6.45, 7) is 1.14. The minimum atomic E-state index is -1.22. The number of unbranched alkanes of at least 4 members (excludes halogenated alkanes) is 5. The monoisotopic (exact) mass is 443 g/mol. The van der Waals surface area contributed by atoms with E-state index in [1.165, 1.54) is 12.3 Å². The van der Waals surface area contributed by atoms with Crippen molar-refractivity contribution in [3.05, 3.63) is 45.7 Å². The maximum atomic E-state index is 12.2. The van der Waals surface area contributed by atoms with Gasteiger partial charge in [-0.25, -0.2) is 4.79 Å². The second kappa shape index (κ2) is 10.8. The van der Waals surface area contributed by atoms with Gasteiger partial charge in [0.05, 0.1) is 19.4 Å². The summed E-state index contributed by atoms with van der Waals surface area (Å²) in [5.74, 6) is -0.734. The Kier molecular flexibility index (Phi) is 7.92. The van der Waals surface area contributed by atoms with Gasteiger partial charge >= 0.3 is 11.9 Å². The number of aliphatic carboxylic acids is 1. The lowest BCUT2D eigenvalue weighted by atomic mass is 9.96. The van der Waals surface area contributed by atoms with Crippen molar-refractivity contribution in [2.75, 3.05) is 13.7 Å². The number of hydrogen-bond donors (Lipinski definition) is 2. The average molecular weight is 443 g/mol. The van der Waals surface area contributed by atoms with Crippen LogP contribution in [0, 0.1) is 0 Å². The SMILES string of the molecule is COc1cc2c(cc1OCCCCCCCCC(=O)O)CCn1cc(C(=O)O)c(=O)cc1-2. The minimum absolute atomic E-state index is 0.231. The van der Waals surface area contributed by atoms with Crippen LogP contribution in [0.25, 0.3) is 11.3 Å². The van der Waals surface area contributed by atoms with Gasteiger partial charge in [0.1, 0.15) is 5.56 Å². The van der Waals surface area contributed by atoms with Crippen LogP contribution in [-0.2, 0) is 17.8 Å². The van der Waals surface area contributed by atoms with Gasteiger partial charge in [-0.15, -0.1) is 0 Å². The van der Waals surface area contributed by atoms with Gasteiger partial charge in [0.2, 0.25) is 0 Å². The van der Waals surface area contributed by atoms with Crippen LogP contribution in [0.2, 0.25) is 0 Å². The van der Waals surface area contributed by atoms with Gasteiger partial charge in [0.15, 0.2) is 16.9 Å². The normalized spacial score (nSPS) is 12.0. The van der Waals surface area contributed by atoms with Crippen LogP contribution in [0.4, 0.5) is 0 Å². The van der Waals surface area contributed by atoms with Gasteiger partial charge < -0.3 is 24.3 Å². The second-order valence-corrected chi connectivity index (χ2v) is 7.96. The van der Waals surface area contributed by atoms with E-state index in [-0.39, 0.29) is 12.0 Å². The van der Waals surface area contributed by atoms with Crippen molar-refractivity contribution >= 4 is 11.9 Å². The summed E-state index contributed by atoms with van der Waals surface area (Å²) in [7, 11) is 1.56. The molecule has 3 rings (SSSR count). The number of hydrogen-bond acceptors (Lipinski definition) is 5. The Bertz CT molecular complexity index is 1040. The fraction of sp³-hybridized carbons (Fsp3) is 0.458. The number of aromatic carboxylic acids is 1. The van der Waals surface area contributed by atoms with E-state index in [1.807, 2.05) is 12.1 Å². The number of rotatable bonds is 12. The highest BCUT2D eigenvalue weighted by molar-refractivity contribution is 5.87. The van der Waals surface area contributed by atoms with Crippen molar-refractivity contribution in [3.8, 4) is 22.8 Å². The topological polar surface area (TPSA) is 115 Å². The molecule has 172 valence electrons. The molecule has 8 heteroatoms. The van der Waals surface area contributed by atoms with E-state index in [0.717, 1.165) is 49.7 Å². The number of pyridine rings is 1. The summed E-state index contributed by atoms with van der Waals surface area (Å²) >= 11 is 0. The zero-order chi connectivity index (χ0) is 23.1. The Morgan fingerprint density at radius 2 is 1.72 bits per heavy atom. The quantitative estimate of drug-likeness (QED) is 0.477.